The molecule has 30 heavy (non-hydrogen) atoms. The third kappa shape index (κ3) is 3.79. The average Bonchev–Trinajstić information content (AvgIpc) is 3.50. The van der Waals surface area contributed by atoms with Crippen LogP contribution in [0, 0.1) is 17.6 Å². The summed E-state index contributed by atoms with van der Waals surface area (Å²) >= 11 is 0. The number of nitrogens with one attached hydrogen (secondary N) is 1. The van der Waals surface area contributed by atoms with Crippen LogP contribution in [-0.2, 0) is 17.9 Å². The first kappa shape index (κ1) is 18.8. The van der Waals surface area contributed by atoms with Crippen molar-refractivity contribution >= 4 is 17.4 Å². The van der Waals surface area contributed by atoms with Gasteiger partial charge in [-0.3, -0.25) is 4.79 Å². The first-order valence-corrected chi connectivity index (χ1v) is 10.2. The lowest BCUT2D eigenvalue weighted by Gasteiger charge is -2.28. The Hall–Kier alpha value is -3.22. The normalized spacial score (nSPS) is 15.7. The zero-order valence-corrected chi connectivity index (χ0v) is 16.4. The van der Waals surface area contributed by atoms with Crippen LogP contribution in [0.15, 0.2) is 48.5 Å². The molecule has 0 spiro atoms. The summed E-state index contributed by atoms with van der Waals surface area (Å²) in [5, 5.41) is 3.34. The fourth-order valence-corrected chi connectivity index (χ4v) is 3.85. The predicted molar refractivity (Wildman–Crippen MR) is 110 cm³/mol. The quantitative estimate of drug-likeness (QED) is 0.665. The van der Waals surface area contributed by atoms with Gasteiger partial charge in [0, 0.05) is 30.8 Å². The van der Waals surface area contributed by atoms with E-state index in [-0.39, 0.29) is 17.5 Å². The maximum atomic E-state index is 13.4. The molecular weight excluding hydrogens is 386 g/mol. The van der Waals surface area contributed by atoms with Crippen LogP contribution < -0.4 is 5.32 Å². The molecule has 0 saturated heterocycles. The minimum absolute atomic E-state index is 0.183. The molecule has 7 heteroatoms. The average molecular weight is 408 g/mol. The van der Waals surface area contributed by atoms with Crippen molar-refractivity contribution in [1.82, 2.24) is 14.5 Å². The van der Waals surface area contributed by atoms with Crippen molar-refractivity contribution < 1.29 is 13.6 Å². The Labute approximate surface area is 173 Å². The Balaban J connectivity index is 1.49. The lowest BCUT2D eigenvalue weighted by Crippen LogP contribution is -2.38. The number of halogens is 2. The first-order valence-electron chi connectivity index (χ1n) is 10.2. The molecule has 3 aromatic rings. The molecular formula is C23H22F2N4O. The second kappa shape index (κ2) is 7.55. The molecule has 2 aromatic carbocycles. The number of hydrogen-bond acceptors (Lipinski definition) is 3. The van der Waals surface area contributed by atoms with Gasteiger partial charge in [0.2, 0.25) is 5.91 Å². The second-order valence-electron chi connectivity index (χ2n) is 7.98. The molecule has 1 aromatic heterocycles. The second-order valence-corrected chi connectivity index (χ2v) is 7.98. The lowest BCUT2D eigenvalue weighted by molar-refractivity contribution is -0.133. The van der Waals surface area contributed by atoms with E-state index in [4.69, 9.17) is 4.98 Å². The Morgan fingerprint density at radius 3 is 2.33 bits per heavy atom. The van der Waals surface area contributed by atoms with Crippen molar-refractivity contribution in [3.8, 4) is 11.3 Å². The molecule has 154 valence electrons. The monoisotopic (exact) mass is 408 g/mol. The summed E-state index contributed by atoms with van der Waals surface area (Å²) in [4.78, 5) is 19.3. The van der Waals surface area contributed by atoms with E-state index in [9.17, 15) is 13.6 Å². The maximum absolute atomic E-state index is 13.4. The molecule has 5 rings (SSSR count). The number of anilines is 2. The van der Waals surface area contributed by atoms with Gasteiger partial charge < -0.3 is 14.8 Å². The highest BCUT2D eigenvalue weighted by molar-refractivity contribution is 5.78. The number of amides is 1. The van der Waals surface area contributed by atoms with Crippen LogP contribution in [0.5, 0.6) is 0 Å². The first-order chi connectivity index (χ1) is 14.6. The van der Waals surface area contributed by atoms with Crippen LogP contribution in [0.1, 0.15) is 25.1 Å². The van der Waals surface area contributed by atoms with E-state index in [0.29, 0.717) is 37.7 Å². The summed E-state index contributed by atoms with van der Waals surface area (Å²) in [5.41, 5.74) is 2.19. The zero-order chi connectivity index (χ0) is 20.7. The van der Waals surface area contributed by atoms with Crippen LogP contribution >= 0.6 is 0 Å². The van der Waals surface area contributed by atoms with E-state index in [0.717, 1.165) is 35.7 Å². The van der Waals surface area contributed by atoms with Gasteiger partial charge in [0.15, 0.2) is 0 Å². The van der Waals surface area contributed by atoms with Gasteiger partial charge >= 0.3 is 0 Å². The van der Waals surface area contributed by atoms with E-state index in [2.05, 4.69) is 9.88 Å². The molecule has 1 fully saturated rings. The van der Waals surface area contributed by atoms with E-state index >= 15 is 0 Å². The van der Waals surface area contributed by atoms with Gasteiger partial charge in [-0.15, -0.1) is 0 Å². The minimum atomic E-state index is -0.312. The molecule has 1 aliphatic heterocycles. The third-order valence-corrected chi connectivity index (χ3v) is 5.71. The summed E-state index contributed by atoms with van der Waals surface area (Å²) < 4.78 is 28.8. The van der Waals surface area contributed by atoms with E-state index in [1.165, 1.54) is 24.3 Å². The highest BCUT2D eigenvalue weighted by atomic mass is 19.1. The van der Waals surface area contributed by atoms with Crippen molar-refractivity contribution in [1.29, 1.82) is 0 Å². The molecule has 2 aliphatic rings. The molecule has 5 nitrogen and oxygen atoms in total. The Bertz CT molecular complexity index is 1070. The number of imidazole rings is 1. The summed E-state index contributed by atoms with van der Waals surface area (Å²) in [5.74, 6) is 1.66. The largest absolute Gasteiger partial charge is 0.340 e. The molecule has 2 heterocycles. The number of aromatic nitrogens is 2. The van der Waals surface area contributed by atoms with Crippen molar-refractivity contribution in [3.05, 3.63) is 66.0 Å². The number of benzene rings is 2. The van der Waals surface area contributed by atoms with Crippen LogP contribution in [0.2, 0.25) is 0 Å². The Morgan fingerprint density at radius 1 is 1.00 bits per heavy atom. The number of carbonyl (C=O) groups is 1. The SMILES string of the molecule is O=C(CC1CC1)N1CCn2c(nc(-c3ccc(F)cc3)c2Nc2ccc(F)cc2)C1. The predicted octanol–water partition coefficient (Wildman–Crippen LogP) is 4.71. The standard InChI is InChI=1S/C23H22F2N4O/c24-17-5-3-16(4-6-17)22-23(26-19-9-7-18(25)8-10-19)29-12-11-28(14-20(29)27-22)21(30)13-15-1-2-15/h3-10,15,26H,1-2,11-14H2. The smallest absolute Gasteiger partial charge is 0.223 e. The van der Waals surface area contributed by atoms with Crippen LogP contribution in [0.4, 0.5) is 20.3 Å². The number of carbonyl (C=O) groups excluding carboxylic acids is 1. The van der Waals surface area contributed by atoms with Gasteiger partial charge in [-0.05, 0) is 67.3 Å². The molecule has 1 amide bonds. The number of nitrogens with zero attached hydrogens (tertiary/aromatic N) is 3. The highest BCUT2D eigenvalue weighted by Gasteiger charge is 2.30. The fraction of sp³-hybridized carbons (Fsp3) is 0.304. The molecule has 0 bridgehead atoms. The van der Waals surface area contributed by atoms with Gasteiger partial charge in [0.25, 0.3) is 0 Å². The molecule has 0 radical (unpaired) electrons. The maximum Gasteiger partial charge on any atom is 0.223 e. The van der Waals surface area contributed by atoms with Gasteiger partial charge in [-0.1, -0.05) is 0 Å². The van der Waals surface area contributed by atoms with E-state index in [1.54, 1.807) is 24.3 Å². The number of hydrogen-bond donors (Lipinski definition) is 1. The van der Waals surface area contributed by atoms with Gasteiger partial charge in [-0.2, -0.15) is 0 Å². The minimum Gasteiger partial charge on any atom is -0.340 e. The van der Waals surface area contributed by atoms with Gasteiger partial charge in [0.05, 0.1) is 6.54 Å². The summed E-state index contributed by atoms with van der Waals surface area (Å²) in [7, 11) is 0. The van der Waals surface area contributed by atoms with Crippen molar-refractivity contribution in [2.24, 2.45) is 5.92 Å². The van der Waals surface area contributed by atoms with Crippen LogP contribution in [0.25, 0.3) is 11.3 Å². The van der Waals surface area contributed by atoms with E-state index < -0.39 is 0 Å². The van der Waals surface area contributed by atoms with Gasteiger partial charge in [-0.25, -0.2) is 13.8 Å². The van der Waals surface area contributed by atoms with Crippen molar-refractivity contribution in [2.75, 3.05) is 11.9 Å². The number of rotatable bonds is 5. The fourth-order valence-electron chi connectivity index (χ4n) is 3.85. The lowest BCUT2D eigenvalue weighted by atomic mass is 10.1. The summed E-state index contributed by atoms with van der Waals surface area (Å²) in [6, 6.07) is 12.3. The van der Waals surface area contributed by atoms with Gasteiger partial charge in [0.1, 0.15) is 29.0 Å². The third-order valence-electron chi connectivity index (χ3n) is 5.71. The van der Waals surface area contributed by atoms with Crippen LogP contribution in [0.3, 0.4) is 0 Å². The Kier molecular flexibility index (Phi) is 4.73. The highest BCUT2D eigenvalue weighted by Crippen LogP contribution is 2.35. The summed E-state index contributed by atoms with van der Waals surface area (Å²) in [6.07, 6.45) is 2.91. The van der Waals surface area contributed by atoms with Crippen molar-refractivity contribution in [3.63, 3.8) is 0 Å². The topological polar surface area (TPSA) is 50.2 Å². The zero-order valence-electron chi connectivity index (χ0n) is 16.4. The molecule has 1 aliphatic carbocycles. The van der Waals surface area contributed by atoms with E-state index in [1.807, 2.05) is 4.90 Å². The Morgan fingerprint density at radius 2 is 1.67 bits per heavy atom. The molecule has 0 unspecified atom stereocenters. The number of fused-ring (bicyclic) bond motifs is 1. The molecule has 0 atom stereocenters. The molecule has 1 saturated carbocycles. The summed E-state index contributed by atoms with van der Waals surface area (Å²) in [6.45, 7) is 1.68. The van der Waals surface area contributed by atoms with Crippen molar-refractivity contribution in [2.45, 2.75) is 32.4 Å². The van der Waals surface area contributed by atoms with Crippen LogP contribution in [-0.4, -0.2) is 26.9 Å². The molecule has 1 N–H and O–H groups in total.